The van der Waals surface area contributed by atoms with Crippen molar-refractivity contribution in [3.05, 3.63) is 24.3 Å². The molecule has 5 heteroatoms. The first-order valence-electron chi connectivity index (χ1n) is 5.28. The Morgan fingerprint density at radius 2 is 2.12 bits per heavy atom. The summed E-state index contributed by atoms with van der Waals surface area (Å²) in [7, 11) is 1.60. The molecule has 1 aromatic heterocycles. The van der Waals surface area contributed by atoms with Crippen molar-refractivity contribution in [1.29, 1.82) is 0 Å². The van der Waals surface area contributed by atoms with Gasteiger partial charge in [-0.15, -0.1) is 0 Å². The first-order valence-corrected chi connectivity index (χ1v) is 5.28. The SMILES string of the molecule is CCOc1cc(-c2cc(N)on2)ccc1OC. The van der Waals surface area contributed by atoms with Gasteiger partial charge in [0.15, 0.2) is 11.5 Å². The van der Waals surface area contributed by atoms with Crippen LogP contribution in [-0.4, -0.2) is 18.9 Å². The van der Waals surface area contributed by atoms with Crippen molar-refractivity contribution in [1.82, 2.24) is 5.16 Å². The number of methoxy groups -OCH3 is 1. The zero-order valence-corrected chi connectivity index (χ0v) is 9.77. The van der Waals surface area contributed by atoms with Gasteiger partial charge in [0, 0.05) is 11.6 Å². The highest BCUT2D eigenvalue weighted by Gasteiger charge is 2.09. The summed E-state index contributed by atoms with van der Waals surface area (Å²) in [4.78, 5) is 0. The van der Waals surface area contributed by atoms with Gasteiger partial charge in [0.25, 0.3) is 0 Å². The van der Waals surface area contributed by atoms with Crippen LogP contribution >= 0.6 is 0 Å². The molecule has 5 nitrogen and oxygen atoms in total. The molecule has 0 atom stereocenters. The number of benzene rings is 1. The van der Waals surface area contributed by atoms with E-state index in [1.165, 1.54) is 0 Å². The lowest BCUT2D eigenvalue weighted by Crippen LogP contribution is -1.95. The lowest BCUT2D eigenvalue weighted by atomic mass is 10.1. The number of nitrogen functional groups attached to an aromatic ring is 1. The molecule has 2 N–H and O–H groups in total. The Labute approximate surface area is 99.1 Å². The Morgan fingerprint density at radius 1 is 1.29 bits per heavy atom. The summed E-state index contributed by atoms with van der Waals surface area (Å²) in [6.45, 7) is 2.49. The highest BCUT2D eigenvalue weighted by molar-refractivity contribution is 5.65. The molecule has 0 saturated carbocycles. The summed E-state index contributed by atoms with van der Waals surface area (Å²) >= 11 is 0. The highest BCUT2D eigenvalue weighted by atomic mass is 16.5. The van der Waals surface area contributed by atoms with E-state index in [1.807, 2.05) is 25.1 Å². The Bertz CT molecular complexity index is 508. The van der Waals surface area contributed by atoms with Crippen LogP contribution in [0.15, 0.2) is 28.8 Å². The molecular weight excluding hydrogens is 220 g/mol. The molecule has 0 spiro atoms. The maximum atomic E-state index is 5.48. The van der Waals surface area contributed by atoms with Crippen molar-refractivity contribution in [2.75, 3.05) is 19.5 Å². The van der Waals surface area contributed by atoms with Crippen LogP contribution in [0.1, 0.15) is 6.92 Å². The van der Waals surface area contributed by atoms with Crippen LogP contribution in [0.5, 0.6) is 11.5 Å². The zero-order valence-electron chi connectivity index (χ0n) is 9.77. The average Bonchev–Trinajstić information content (AvgIpc) is 2.76. The molecule has 1 heterocycles. The maximum Gasteiger partial charge on any atom is 0.222 e. The normalized spacial score (nSPS) is 10.2. The van der Waals surface area contributed by atoms with Gasteiger partial charge in [-0.1, -0.05) is 5.16 Å². The minimum Gasteiger partial charge on any atom is -0.493 e. The minimum absolute atomic E-state index is 0.286. The van der Waals surface area contributed by atoms with Gasteiger partial charge in [-0.25, -0.2) is 0 Å². The molecule has 0 bridgehead atoms. The second-order valence-electron chi connectivity index (χ2n) is 3.41. The first kappa shape index (κ1) is 11.3. The third-order valence-electron chi connectivity index (χ3n) is 2.29. The third kappa shape index (κ3) is 2.33. The molecule has 90 valence electrons. The van der Waals surface area contributed by atoms with Gasteiger partial charge < -0.3 is 19.7 Å². The third-order valence-corrected chi connectivity index (χ3v) is 2.29. The Morgan fingerprint density at radius 3 is 2.71 bits per heavy atom. The van der Waals surface area contributed by atoms with Crippen molar-refractivity contribution in [3.8, 4) is 22.8 Å². The van der Waals surface area contributed by atoms with Gasteiger partial charge in [0.05, 0.1) is 13.7 Å². The number of hydrogen-bond donors (Lipinski definition) is 1. The molecule has 17 heavy (non-hydrogen) atoms. The number of nitrogens with zero attached hydrogens (tertiary/aromatic N) is 1. The highest BCUT2D eigenvalue weighted by Crippen LogP contribution is 2.32. The molecular formula is C12H14N2O3. The van der Waals surface area contributed by atoms with E-state index in [2.05, 4.69) is 5.16 Å². The van der Waals surface area contributed by atoms with E-state index in [0.717, 1.165) is 5.56 Å². The van der Waals surface area contributed by atoms with Crippen LogP contribution in [0, 0.1) is 0 Å². The second kappa shape index (κ2) is 4.78. The van der Waals surface area contributed by atoms with E-state index < -0.39 is 0 Å². The molecule has 0 radical (unpaired) electrons. The van der Waals surface area contributed by atoms with Gasteiger partial charge in [0.2, 0.25) is 5.88 Å². The van der Waals surface area contributed by atoms with Gasteiger partial charge in [0.1, 0.15) is 5.69 Å². The number of hydrogen-bond acceptors (Lipinski definition) is 5. The van der Waals surface area contributed by atoms with Gasteiger partial charge >= 0.3 is 0 Å². The molecule has 1 aromatic carbocycles. The number of rotatable bonds is 4. The molecule has 2 rings (SSSR count). The number of nitrogens with two attached hydrogens (primary N) is 1. The lowest BCUT2D eigenvalue weighted by Gasteiger charge is -2.09. The van der Waals surface area contributed by atoms with E-state index >= 15 is 0 Å². The Balaban J connectivity index is 2.39. The summed E-state index contributed by atoms with van der Waals surface area (Å²) in [5.74, 6) is 1.65. The van der Waals surface area contributed by atoms with E-state index in [4.69, 9.17) is 19.7 Å². The fourth-order valence-electron chi connectivity index (χ4n) is 1.53. The molecule has 0 fully saturated rings. The molecule has 0 aliphatic rings. The van der Waals surface area contributed by atoms with Crippen molar-refractivity contribution >= 4 is 5.88 Å². The molecule has 0 aliphatic heterocycles. The second-order valence-corrected chi connectivity index (χ2v) is 3.41. The van der Waals surface area contributed by atoms with Crippen molar-refractivity contribution < 1.29 is 14.0 Å². The van der Waals surface area contributed by atoms with Gasteiger partial charge in [-0.3, -0.25) is 0 Å². The van der Waals surface area contributed by atoms with E-state index in [1.54, 1.807) is 13.2 Å². The van der Waals surface area contributed by atoms with Crippen molar-refractivity contribution in [3.63, 3.8) is 0 Å². The van der Waals surface area contributed by atoms with Crippen LogP contribution in [0.4, 0.5) is 5.88 Å². The molecule has 0 saturated heterocycles. The molecule has 0 unspecified atom stereocenters. The first-order chi connectivity index (χ1) is 8.24. The van der Waals surface area contributed by atoms with Crippen LogP contribution in [-0.2, 0) is 0 Å². The standard InChI is InChI=1S/C12H14N2O3/c1-3-16-11-6-8(4-5-10(11)15-2)9-7-12(13)17-14-9/h4-7H,3,13H2,1-2H3. The lowest BCUT2D eigenvalue weighted by molar-refractivity contribution is 0.311. The summed E-state index contributed by atoms with van der Waals surface area (Å²) in [5.41, 5.74) is 7.03. The molecule has 2 aromatic rings. The maximum absolute atomic E-state index is 5.48. The van der Waals surface area contributed by atoms with E-state index in [9.17, 15) is 0 Å². The predicted octanol–water partition coefficient (Wildman–Crippen LogP) is 2.33. The van der Waals surface area contributed by atoms with Crippen LogP contribution < -0.4 is 15.2 Å². The number of ether oxygens (including phenoxy) is 2. The van der Waals surface area contributed by atoms with Crippen LogP contribution in [0.3, 0.4) is 0 Å². The fraction of sp³-hybridized carbons (Fsp3) is 0.250. The zero-order chi connectivity index (χ0) is 12.3. The fourth-order valence-corrected chi connectivity index (χ4v) is 1.53. The Kier molecular flexibility index (Phi) is 3.18. The van der Waals surface area contributed by atoms with Crippen molar-refractivity contribution in [2.45, 2.75) is 6.92 Å². The topological polar surface area (TPSA) is 70.5 Å². The number of aromatic nitrogens is 1. The summed E-state index contributed by atoms with van der Waals surface area (Å²) < 4.78 is 15.5. The summed E-state index contributed by atoms with van der Waals surface area (Å²) in [5, 5.41) is 3.85. The van der Waals surface area contributed by atoms with Crippen LogP contribution in [0.2, 0.25) is 0 Å². The monoisotopic (exact) mass is 234 g/mol. The number of anilines is 1. The molecule has 0 aliphatic carbocycles. The molecule has 0 amide bonds. The Hall–Kier alpha value is -2.17. The van der Waals surface area contributed by atoms with Gasteiger partial charge in [-0.2, -0.15) is 0 Å². The van der Waals surface area contributed by atoms with Crippen molar-refractivity contribution in [2.24, 2.45) is 0 Å². The van der Waals surface area contributed by atoms with Crippen LogP contribution in [0.25, 0.3) is 11.3 Å². The predicted molar refractivity (Wildman–Crippen MR) is 64.1 cm³/mol. The average molecular weight is 234 g/mol. The minimum atomic E-state index is 0.286. The summed E-state index contributed by atoms with van der Waals surface area (Å²) in [6, 6.07) is 7.21. The quantitative estimate of drug-likeness (QED) is 0.879. The summed E-state index contributed by atoms with van der Waals surface area (Å²) in [6.07, 6.45) is 0. The van der Waals surface area contributed by atoms with E-state index in [0.29, 0.717) is 23.8 Å². The van der Waals surface area contributed by atoms with Gasteiger partial charge in [-0.05, 0) is 25.1 Å². The smallest absolute Gasteiger partial charge is 0.222 e. The largest absolute Gasteiger partial charge is 0.493 e. The van der Waals surface area contributed by atoms with E-state index in [-0.39, 0.29) is 5.88 Å².